The summed E-state index contributed by atoms with van der Waals surface area (Å²) in [6.07, 6.45) is 6.96. The van der Waals surface area contributed by atoms with Crippen LogP contribution in [0, 0.1) is 17.2 Å². The Kier molecular flexibility index (Phi) is 13.6. The molecule has 280 valence electrons. The minimum absolute atomic E-state index is 0.0900. The second-order valence-electron chi connectivity index (χ2n) is 15.0. The maximum Gasteiger partial charge on any atom is 0.335 e. The number of carbonyl (C=O) groups excluding carboxylic acids is 4. The number of nitrogens with one attached hydrogen (secondary N) is 2. The van der Waals surface area contributed by atoms with Crippen LogP contribution in [0.25, 0.3) is 0 Å². The fraction of sp³-hybridized carbons (Fsp3) is 0.684. The van der Waals surface area contributed by atoms with Crippen molar-refractivity contribution in [1.82, 2.24) is 25.3 Å². The topological polar surface area (TPSA) is 157 Å². The van der Waals surface area contributed by atoms with Gasteiger partial charge in [-0.25, -0.2) is 4.79 Å². The van der Waals surface area contributed by atoms with Gasteiger partial charge in [-0.15, -0.1) is 0 Å². The van der Waals surface area contributed by atoms with Gasteiger partial charge in [0.25, 0.3) is 0 Å². The van der Waals surface area contributed by atoms with Gasteiger partial charge < -0.3 is 29.9 Å². The van der Waals surface area contributed by atoms with Crippen molar-refractivity contribution < 1.29 is 28.7 Å². The molecule has 0 aromatic heterocycles. The van der Waals surface area contributed by atoms with E-state index in [1.165, 1.54) is 13.4 Å². The molecular formula is C38H57N7O6. The molecule has 1 aromatic rings. The highest BCUT2D eigenvalue weighted by Crippen LogP contribution is 2.37. The Labute approximate surface area is 303 Å². The molecule has 1 aliphatic carbocycles. The Bertz CT molecular complexity index is 1430. The van der Waals surface area contributed by atoms with Gasteiger partial charge in [-0.05, 0) is 57.9 Å². The summed E-state index contributed by atoms with van der Waals surface area (Å²) in [5.74, 6) is -1.40. The molecule has 1 aromatic carbocycles. The Balaban J connectivity index is 1.41. The van der Waals surface area contributed by atoms with E-state index in [0.717, 1.165) is 37.7 Å². The summed E-state index contributed by atoms with van der Waals surface area (Å²) < 4.78 is 10.6. The van der Waals surface area contributed by atoms with Crippen LogP contribution in [-0.2, 0) is 35.2 Å². The Hall–Kier alpha value is -4.02. The molecule has 3 aliphatic rings. The average Bonchev–Trinajstić information content (AvgIpc) is 3.36. The quantitative estimate of drug-likeness (QED) is 0.207. The first-order chi connectivity index (χ1) is 24.3. The zero-order valence-electron chi connectivity index (χ0n) is 31.3. The van der Waals surface area contributed by atoms with Crippen molar-refractivity contribution in [2.75, 3.05) is 46.5 Å². The van der Waals surface area contributed by atoms with Gasteiger partial charge in [-0.1, -0.05) is 63.4 Å². The molecule has 13 heteroatoms. The van der Waals surface area contributed by atoms with Crippen molar-refractivity contribution in [3.63, 3.8) is 0 Å². The highest BCUT2D eigenvalue weighted by atomic mass is 16.5. The van der Waals surface area contributed by atoms with Crippen LogP contribution in [0.5, 0.6) is 0 Å². The first kappa shape index (κ1) is 39.8. The van der Waals surface area contributed by atoms with Crippen LogP contribution in [0.4, 0.5) is 0 Å². The number of esters is 1. The highest BCUT2D eigenvalue weighted by molar-refractivity contribution is 5.91. The summed E-state index contributed by atoms with van der Waals surface area (Å²) in [5, 5.41) is 16.0. The number of ether oxygens (including phenoxy) is 2. The molecule has 0 bridgehead atoms. The lowest BCUT2D eigenvalue weighted by Gasteiger charge is -2.46. The van der Waals surface area contributed by atoms with E-state index in [1.807, 2.05) is 58.0 Å². The largest absolute Gasteiger partial charge is 0.467 e. The Morgan fingerprint density at radius 1 is 1.06 bits per heavy atom. The zero-order valence-corrected chi connectivity index (χ0v) is 31.3. The number of benzene rings is 1. The standard InChI is InChI=1S/C38H57N7O6/c1-28(2)32(45(25-29-14-9-7-10-15-29)31(46)26-44-27-41-37(5,35(49)50-6)36(44,3)4)33(47)40-19-13-16-30(24-39)42-34(48)38(17-11-8-12-18-38)43-20-22-51-23-21-43/h7,9-10,14-15,27-28,30,32H,8,11-13,16-23,25-26H2,1-6H3,(H,40,47)(H,42,48). The van der Waals surface area contributed by atoms with Crippen molar-refractivity contribution >= 4 is 30.0 Å². The smallest absolute Gasteiger partial charge is 0.335 e. The number of nitrogens with zero attached hydrogens (tertiary/aromatic N) is 5. The monoisotopic (exact) mass is 707 g/mol. The third-order valence-corrected chi connectivity index (χ3v) is 11.2. The van der Waals surface area contributed by atoms with Gasteiger partial charge in [0, 0.05) is 26.2 Å². The lowest BCUT2D eigenvalue weighted by atomic mass is 9.79. The van der Waals surface area contributed by atoms with Crippen molar-refractivity contribution in [3.8, 4) is 6.07 Å². The number of amides is 3. The van der Waals surface area contributed by atoms with Crippen LogP contribution in [0.3, 0.4) is 0 Å². The van der Waals surface area contributed by atoms with E-state index in [1.54, 1.807) is 16.7 Å². The molecule has 2 aliphatic heterocycles. The summed E-state index contributed by atoms with van der Waals surface area (Å²) in [4.78, 5) is 64.5. The number of rotatable bonds is 15. The Morgan fingerprint density at radius 3 is 2.33 bits per heavy atom. The van der Waals surface area contributed by atoms with E-state index in [2.05, 4.69) is 26.6 Å². The molecule has 13 nitrogen and oxygen atoms in total. The fourth-order valence-electron chi connectivity index (χ4n) is 7.57. The second-order valence-corrected chi connectivity index (χ2v) is 15.0. The number of carbonyl (C=O) groups is 4. The van der Waals surface area contributed by atoms with Crippen LogP contribution in [0.15, 0.2) is 35.3 Å². The van der Waals surface area contributed by atoms with Gasteiger partial charge in [0.05, 0.1) is 44.8 Å². The molecule has 2 heterocycles. The van der Waals surface area contributed by atoms with E-state index in [-0.39, 0.29) is 43.3 Å². The molecule has 0 radical (unpaired) electrons. The molecular weight excluding hydrogens is 650 g/mol. The number of aliphatic imine (C=N–C) groups is 1. The predicted octanol–water partition coefficient (Wildman–Crippen LogP) is 3.03. The molecule has 3 atom stereocenters. The minimum Gasteiger partial charge on any atom is -0.467 e. The fourth-order valence-corrected chi connectivity index (χ4v) is 7.57. The zero-order chi connectivity index (χ0) is 37.2. The third-order valence-electron chi connectivity index (χ3n) is 11.2. The summed E-state index contributed by atoms with van der Waals surface area (Å²) >= 11 is 0. The number of methoxy groups -OCH3 is 1. The number of nitriles is 1. The molecule has 4 rings (SSSR count). The summed E-state index contributed by atoms with van der Waals surface area (Å²) in [6.45, 7) is 12.2. The van der Waals surface area contributed by atoms with E-state index in [4.69, 9.17) is 9.47 Å². The summed E-state index contributed by atoms with van der Waals surface area (Å²) in [6, 6.07) is 10.3. The van der Waals surface area contributed by atoms with Crippen molar-refractivity contribution in [3.05, 3.63) is 35.9 Å². The molecule has 1 saturated carbocycles. The van der Waals surface area contributed by atoms with Gasteiger partial charge in [-0.2, -0.15) is 5.26 Å². The molecule has 0 spiro atoms. The normalized spacial score (nSPS) is 22.4. The van der Waals surface area contributed by atoms with E-state index >= 15 is 0 Å². The SMILES string of the molecule is COC(=O)C1(C)N=CN(CC(=O)N(Cc2ccccc2)C(C(=O)NCCCC(C#N)NC(=O)C2(N3CCOCC3)CCCCC2)C(C)C)C1(C)C. The number of morpholine rings is 1. The molecule has 51 heavy (non-hydrogen) atoms. The van der Waals surface area contributed by atoms with Gasteiger partial charge in [0.2, 0.25) is 17.7 Å². The molecule has 3 unspecified atom stereocenters. The van der Waals surface area contributed by atoms with Crippen LogP contribution < -0.4 is 10.6 Å². The van der Waals surface area contributed by atoms with Gasteiger partial charge in [0.1, 0.15) is 17.6 Å². The van der Waals surface area contributed by atoms with Gasteiger partial charge >= 0.3 is 5.97 Å². The molecule has 2 N–H and O–H groups in total. The second kappa shape index (κ2) is 17.5. The summed E-state index contributed by atoms with van der Waals surface area (Å²) in [7, 11) is 1.32. The third kappa shape index (κ3) is 8.90. The van der Waals surface area contributed by atoms with Crippen molar-refractivity contribution in [2.24, 2.45) is 10.9 Å². The van der Waals surface area contributed by atoms with Crippen LogP contribution in [0.2, 0.25) is 0 Å². The summed E-state index contributed by atoms with van der Waals surface area (Å²) in [5.41, 5.74) is -1.81. The van der Waals surface area contributed by atoms with Crippen molar-refractivity contribution in [2.45, 2.75) is 115 Å². The number of hydrogen-bond donors (Lipinski definition) is 2. The van der Waals surface area contributed by atoms with E-state index in [9.17, 15) is 24.4 Å². The lowest BCUT2D eigenvalue weighted by Crippen LogP contribution is -2.63. The van der Waals surface area contributed by atoms with Gasteiger partial charge in [-0.3, -0.25) is 24.3 Å². The van der Waals surface area contributed by atoms with Crippen LogP contribution in [-0.4, -0.2) is 120 Å². The van der Waals surface area contributed by atoms with Crippen molar-refractivity contribution in [1.29, 1.82) is 5.26 Å². The van der Waals surface area contributed by atoms with Crippen LogP contribution >= 0.6 is 0 Å². The van der Waals surface area contributed by atoms with Crippen LogP contribution in [0.1, 0.15) is 85.1 Å². The number of hydrogen-bond acceptors (Lipinski definition) is 10. The van der Waals surface area contributed by atoms with E-state index in [0.29, 0.717) is 39.1 Å². The average molecular weight is 708 g/mol. The maximum atomic E-state index is 14.2. The molecule has 3 amide bonds. The minimum atomic E-state index is -1.21. The van der Waals surface area contributed by atoms with Gasteiger partial charge in [0.15, 0.2) is 5.54 Å². The first-order valence-electron chi connectivity index (χ1n) is 18.4. The molecule has 2 fully saturated rings. The predicted molar refractivity (Wildman–Crippen MR) is 193 cm³/mol. The highest BCUT2D eigenvalue weighted by Gasteiger charge is 2.55. The Morgan fingerprint density at radius 2 is 1.73 bits per heavy atom. The van der Waals surface area contributed by atoms with E-state index < -0.39 is 34.7 Å². The maximum absolute atomic E-state index is 14.2. The molecule has 1 saturated heterocycles. The first-order valence-corrected chi connectivity index (χ1v) is 18.4. The lowest BCUT2D eigenvalue weighted by molar-refractivity contribution is -0.151.